The molecule has 4 heteroatoms. The molecule has 0 aliphatic heterocycles. The summed E-state index contributed by atoms with van der Waals surface area (Å²) >= 11 is 12.2. The van der Waals surface area contributed by atoms with Crippen LogP contribution < -0.4 is 5.32 Å². The molecule has 0 atom stereocenters. The number of rotatable bonds is 4. The molecule has 0 saturated carbocycles. The van der Waals surface area contributed by atoms with Crippen LogP contribution in [0.4, 0.5) is 0 Å². The smallest absolute Gasteiger partial charge is 0.251 e. The van der Waals surface area contributed by atoms with Gasteiger partial charge in [0.2, 0.25) is 0 Å². The molecule has 1 amide bonds. The Hall–Kier alpha value is -2.03. The highest BCUT2D eigenvalue weighted by molar-refractivity contribution is 6.42. The van der Waals surface area contributed by atoms with Crippen LogP contribution in [0.15, 0.2) is 54.6 Å². The van der Waals surface area contributed by atoms with Crippen LogP contribution in [0, 0.1) is 5.41 Å². The number of fused-ring (bicyclic) bond motifs is 1. The summed E-state index contributed by atoms with van der Waals surface area (Å²) in [5.41, 5.74) is 3.09. The van der Waals surface area contributed by atoms with Gasteiger partial charge in [-0.1, -0.05) is 74.3 Å². The van der Waals surface area contributed by atoms with E-state index in [-0.39, 0.29) is 11.3 Å². The van der Waals surface area contributed by atoms with Gasteiger partial charge in [0.15, 0.2) is 0 Å². The van der Waals surface area contributed by atoms with Gasteiger partial charge < -0.3 is 5.32 Å². The predicted octanol–water partition coefficient (Wildman–Crippen LogP) is 6.51. The standard InChI is InChI=1S/C23H23Cl2NO/c1-23(2,3)14-26-22(27)17-7-4-15(5-8-17)10-16-6-9-18-12-20(24)21(25)13-19(18)11-16/h4-9,11-13H,10,14H2,1-3H3,(H,26,27). The summed E-state index contributed by atoms with van der Waals surface area (Å²) in [6.07, 6.45) is 0.792. The zero-order chi connectivity index (χ0) is 19.6. The molecule has 3 aromatic carbocycles. The van der Waals surface area contributed by atoms with E-state index in [4.69, 9.17) is 23.2 Å². The molecule has 0 saturated heterocycles. The number of carbonyl (C=O) groups is 1. The molecule has 0 radical (unpaired) electrons. The summed E-state index contributed by atoms with van der Waals surface area (Å²) in [6.45, 7) is 6.94. The monoisotopic (exact) mass is 399 g/mol. The minimum Gasteiger partial charge on any atom is -0.352 e. The van der Waals surface area contributed by atoms with Crippen molar-refractivity contribution in [3.05, 3.63) is 81.3 Å². The van der Waals surface area contributed by atoms with Crippen LogP contribution in [-0.4, -0.2) is 12.5 Å². The van der Waals surface area contributed by atoms with E-state index < -0.39 is 0 Å². The summed E-state index contributed by atoms with van der Waals surface area (Å²) in [7, 11) is 0. The Balaban J connectivity index is 1.72. The van der Waals surface area contributed by atoms with E-state index in [1.807, 2.05) is 36.4 Å². The van der Waals surface area contributed by atoms with Crippen molar-refractivity contribution in [1.82, 2.24) is 5.32 Å². The second-order valence-corrected chi connectivity index (χ2v) is 8.88. The molecule has 0 unspecified atom stereocenters. The summed E-state index contributed by atoms with van der Waals surface area (Å²) in [5.74, 6) is -0.0336. The summed E-state index contributed by atoms with van der Waals surface area (Å²) in [6, 6.07) is 17.8. The van der Waals surface area contributed by atoms with Crippen LogP contribution in [0.5, 0.6) is 0 Å². The SMILES string of the molecule is CC(C)(C)CNC(=O)c1ccc(Cc2ccc3cc(Cl)c(Cl)cc3c2)cc1. The van der Waals surface area contributed by atoms with Gasteiger partial charge in [0.1, 0.15) is 0 Å². The van der Waals surface area contributed by atoms with Gasteiger partial charge in [-0.15, -0.1) is 0 Å². The summed E-state index contributed by atoms with van der Waals surface area (Å²) in [5, 5.41) is 6.24. The Labute approximate surface area is 170 Å². The van der Waals surface area contributed by atoms with Gasteiger partial charge in [-0.25, -0.2) is 0 Å². The second kappa shape index (κ2) is 7.92. The fourth-order valence-electron chi connectivity index (χ4n) is 2.86. The van der Waals surface area contributed by atoms with E-state index in [0.29, 0.717) is 22.2 Å². The van der Waals surface area contributed by atoms with Crippen molar-refractivity contribution in [1.29, 1.82) is 0 Å². The Bertz CT molecular complexity index is 972. The van der Waals surface area contributed by atoms with Crippen LogP contribution in [0.1, 0.15) is 42.3 Å². The quantitative estimate of drug-likeness (QED) is 0.531. The fourth-order valence-corrected chi connectivity index (χ4v) is 3.20. The average molecular weight is 400 g/mol. The molecule has 0 aromatic heterocycles. The Morgan fingerprint density at radius 1 is 0.852 bits per heavy atom. The highest BCUT2D eigenvalue weighted by atomic mass is 35.5. The molecule has 0 aliphatic rings. The number of benzene rings is 3. The first kappa shape index (κ1) is 19.7. The lowest BCUT2D eigenvalue weighted by Crippen LogP contribution is -2.32. The largest absolute Gasteiger partial charge is 0.352 e. The second-order valence-electron chi connectivity index (χ2n) is 8.06. The zero-order valence-electron chi connectivity index (χ0n) is 15.8. The maximum Gasteiger partial charge on any atom is 0.251 e. The Morgan fingerprint density at radius 2 is 1.44 bits per heavy atom. The third kappa shape index (κ3) is 5.24. The van der Waals surface area contributed by atoms with Crippen LogP contribution >= 0.6 is 23.2 Å². The number of hydrogen-bond donors (Lipinski definition) is 1. The number of hydrogen-bond acceptors (Lipinski definition) is 1. The lowest BCUT2D eigenvalue weighted by Gasteiger charge is -2.18. The molecule has 3 aromatic rings. The van der Waals surface area contributed by atoms with Crippen LogP contribution in [-0.2, 0) is 6.42 Å². The number of halogens is 2. The first-order valence-corrected chi connectivity index (χ1v) is 9.72. The Morgan fingerprint density at radius 3 is 2.07 bits per heavy atom. The summed E-state index contributed by atoms with van der Waals surface area (Å²) in [4.78, 5) is 12.2. The van der Waals surface area contributed by atoms with Crippen molar-refractivity contribution >= 4 is 39.9 Å². The maximum atomic E-state index is 12.2. The first-order chi connectivity index (χ1) is 12.7. The molecular weight excluding hydrogens is 377 g/mol. The molecule has 2 nitrogen and oxygen atoms in total. The molecule has 1 N–H and O–H groups in total. The molecule has 0 spiro atoms. The first-order valence-electron chi connectivity index (χ1n) is 8.96. The Kier molecular flexibility index (Phi) is 5.78. The molecule has 27 heavy (non-hydrogen) atoms. The molecule has 140 valence electrons. The third-order valence-electron chi connectivity index (χ3n) is 4.35. The molecule has 0 bridgehead atoms. The molecule has 0 aliphatic carbocycles. The van der Waals surface area contributed by atoms with Crippen molar-refractivity contribution in [3.63, 3.8) is 0 Å². The normalized spacial score (nSPS) is 11.6. The van der Waals surface area contributed by atoms with Crippen LogP contribution in [0.25, 0.3) is 10.8 Å². The van der Waals surface area contributed by atoms with Crippen molar-refractivity contribution in [2.75, 3.05) is 6.54 Å². The number of nitrogens with one attached hydrogen (secondary N) is 1. The van der Waals surface area contributed by atoms with Crippen LogP contribution in [0.2, 0.25) is 10.0 Å². The number of carbonyl (C=O) groups excluding carboxylic acids is 1. The number of amides is 1. The minimum atomic E-state index is -0.0336. The molecule has 3 rings (SSSR count). The van der Waals surface area contributed by atoms with Gasteiger partial charge >= 0.3 is 0 Å². The van der Waals surface area contributed by atoms with Gasteiger partial charge in [0.25, 0.3) is 5.91 Å². The van der Waals surface area contributed by atoms with Crippen molar-refractivity contribution in [3.8, 4) is 0 Å². The van der Waals surface area contributed by atoms with Gasteiger partial charge in [-0.2, -0.15) is 0 Å². The van der Waals surface area contributed by atoms with Crippen molar-refractivity contribution in [2.45, 2.75) is 27.2 Å². The topological polar surface area (TPSA) is 29.1 Å². The lowest BCUT2D eigenvalue weighted by atomic mass is 9.96. The van der Waals surface area contributed by atoms with E-state index in [1.54, 1.807) is 0 Å². The van der Waals surface area contributed by atoms with E-state index >= 15 is 0 Å². The predicted molar refractivity (Wildman–Crippen MR) is 115 cm³/mol. The minimum absolute atomic E-state index is 0.0336. The zero-order valence-corrected chi connectivity index (χ0v) is 17.3. The van der Waals surface area contributed by atoms with Crippen molar-refractivity contribution < 1.29 is 4.79 Å². The van der Waals surface area contributed by atoms with Gasteiger partial charge in [0, 0.05) is 12.1 Å². The lowest BCUT2D eigenvalue weighted by molar-refractivity contribution is 0.0939. The fraction of sp³-hybridized carbons (Fsp3) is 0.261. The van der Waals surface area contributed by atoms with Crippen LogP contribution in [0.3, 0.4) is 0 Å². The van der Waals surface area contributed by atoms with Gasteiger partial charge in [-0.3, -0.25) is 4.79 Å². The van der Waals surface area contributed by atoms with E-state index in [9.17, 15) is 4.79 Å². The average Bonchev–Trinajstić information content (AvgIpc) is 2.61. The molecule has 0 heterocycles. The van der Waals surface area contributed by atoms with E-state index in [1.165, 1.54) is 5.56 Å². The third-order valence-corrected chi connectivity index (χ3v) is 5.07. The molecular formula is C23H23Cl2NO. The van der Waals surface area contributed by atoms with Gasteiger partial charge in [-0.05, 0) is 58.0 Å². The van der Waals surface area contributed by atoms with E-state index in [2.05, 4.69) is 44.3 Å². The maximum absolute atomic E-state index is 12.2. The van der Waals surface area contributed by atoms with Crippen molar-refractivity contribution in [2.24, 2.45) is 5.41 Å². The highest BCUT2D eigenvalue weighted by Crippen LogP contribution is 2.29. The molecule has 0 fully saturated rings. The summed E-state index contributed by atoms with van der Waals surface area (Å²) < 4.78 is 0. The van der Waals surface area contributed by atoms with Gasteiger partial charge in [0.05, 0.1) is 10.0 Å². The van der Waals surface area contributed by atoms with E-state index in [0.717, 1.165) is 22.8 Å². The highest BCUT2D eigenvalue weighted by Gasteiger charge is 2.13.